The Hall–Kier alpha value is -3.08. The van der Waals surface area contributed by atoms with E-state index in [4.69, 9.17) is 0 Å². The third-order valence-corrected chi connectivity index (χ3v) is 5.67. The summed E-state index contributed by atoms with van der Waals surface area (Å²) in [5.74, 6) is 1.48. The second-order valence-corrected chi connectivity index (χ2v) is 8.05. The van der Waals surface area contributed by atoms with Gasteiger partial charge in [-0.2, -0.15) is 0 Å². The van der Waals surface area contributed by atoms with E-state index >= 15 is 0 Å². The molecule has 150 valence electrons. The molecule has 0 aliphatic carbocycles. The van der Waals surface area contributed by atoms with Crippen LogP contribution < -0.4 is 10.2 Å². The maximum absolute atomic E-state index is 12.8. The zero-order chi connectivity index (χ0) is 20.4. The maximum Gasteiger partial charge on any atom is 0.322 e. The predicted octanol–water partition coefficient (Wildman–Crippen LogP) is 5.10. The van der Waals surface area contributed by atoms with Crippen molar-refractivity contribution < 1.29 is 4.79 Å². The molecule has 1 aliphatic rings. The van der Waals surface area contributed by atoms with Crippen molar-refractivity contribution in [1.82, 2.24) is 9.88 Å². The normalized spacial score (nSPS) is 17.0. The van der Waals surface area contributed by atoms with Crippen LogP contribution in [0.4, 0.5) is 16.3 Å². The number of fused-ring (bicyclic) bond motifs is 1. The average Bonchev–Trinajstić information content (AvgIpc) is 2.73. The standard InChI is InChI=1S/C24H28N4O/c1-17(2)19-8-10-21(11-9-19)26-24(29)28-15-14-27(16-18(28)3)23-22-7-5-4-6-20(22)12-13-25-23/h4-13,17-18H,14-16H2,1-3H3,(H,26,29)/t18-/m1/s1. The summed E-state index contributed by atoms with van der Waals surface area (Å²) < 4.78 is 0. The van der Waals surface area contributed by atoms with Crippen molar-refractivity contribution in [2.45, 2.75) is 32.7 Å². The summed E-state index contributed by atoms with van der Waals surface area (Å²) in [5, 5.41) is 5.39. The van der Waals surface area contributed by atoms with E-state index in [-0.39, 0.29) is 12.1 Å². The molecule has 1 N–H and O–H groups in total. The topological polar surface area (TPSA) is 48.5 Å². The number of amides is 2. The van der Waals surface area contributed by atoms with Gasteiger partial charge in [-0.1, -0.05) is 50.2 Å². The fourth-order valence-electron chi connectivity index (χ4n) is 3.95. The summed E-state index contributed by atoms with van der Waals surface area (Å²) in [7, 11) is 0. The van der Waals surface area contributed by atoms with Gasteiger partial charge in [0.05, 0.1) is 0 Å². The summed E-state index contributed by atoms with van der Waals surface area (Å²) in [4.78, 5) is 21.7. The summed E-state index contributed by atoms with van der Waals surface area (Å²) in [6, 6.07) is 18.5. The van der Waals surface area contributed by atoms with Gasteiger partial charge in [-0.05, 0) is 42.0 Å². The van der Waals surface area contributed by atoms with Crippen LogP contribution in [0.25, 0.3) is 10.8 Å². The van der Waals surface area contributed by atoms with Crippen molar-refractivity contribution in [2.75, 3.05) is 29.9 Å². The third kappa shape index (κ3) is 4.04. The molecule has 1 saturated heterocycles. The summed E-state index contributed by atoms with van der Waals surface area (Å²) in [5.41, 5.74) is 2.11. The molecular formula is C24H28N4O. The Bertz CT molecular complexity index is 994. The van der Waals surface area contributed by atoms with Gasteiger partial charge < -0.3 is 15.1 Å². The van der Waals surface area contributed by atoms with Crippen LogP contribution in [0.3, 0.4) is 0 Å². The predicted molar refractivity (Wildman–Crippen MR) is 120 cm³/mol. The van der Waals surface area contributed by atoms with Gasteiger partial charge in [-0.25, -0.2) is 9.78 Å². The summed E-state index contributed by atoms with van der Waals surface area (Å²) in [6.45, 7) is 8.63. The van der Waals surface area contributed by atoms with Crippen molar-refractivity contribution in [2.24, 2.45) is 0 Å². The van der Waals surface area contributed by atoms with Crippen molar-refractivity contribution in [3.63, 3.8) is 0 Å². The summed E-state index contributed by atoms with van der Waals surface area (Å²) in [6.07, 6.45) is 1.86. The first-order valence-corrected chi connectivity index (χ1v) is 10.3. The number of rotatable bonds is 3. The lowest BCUT2D eigenvalue weighted by Crippen LogP contribution is -2.55. The van der Waals surface area contributed by atoms with E-state index < -0.39 is 0 Å². The Balaban J connectivity index is 1.44. The molecule has 1 fully saturated rings. The van der Waals surface area contributed by atoms with E-state index in [2.05, 4.69) is 60.2 Å². The van der Waals surface area contributed by atoms with Gasteiger partial charge in [0.25, 0.3) is 0 Å². The zero-order valence-electron chi connectivity index (χ0n) is 17.3. The number of nitrogens with zero attached hydrogens (tertiary/aromatic N) is 3. The third-order valence-electron chi connectivity index (χ3n) is 5.67. The molecule has 0 saturated carbocycles. The second kappa shape index (κ2) is 8.11. The number of hydrogen-bond donors (Lipinski definition) is 1. The fourth-order valence-corrected chi connectivity index (χ4v) is 3.95. The van der Waals surface area contributed by atoms with Crippen molar-refractivity contribution in [3.05, 3.63) is 66.4 Å². The van der Waals surface area contributed by atoms with E-state index in [1.165, 1.54) is 10.9 Å². The molecule has 0 spiro atoms. The maximum atomic E-state index is 12.8. The van der Waals surface area contributed by atoms with Crippen molar-refractivity contribution in [3.8, 4) is 0 Å². The molecule has 1 aromatic heterocycles. The van der Waals surface area contributed by atoms with Gasteiger partial charge in [-0.15, -0.1) is 0 Å². The number of benzene rings is 2. The SMILES string of the molecule is CC(C)c1ccc(NC(=O)N2CCN(c3nccc4ccccc34)C[C@H]2C)cc1. The molecule has 29 heavy (non-hydrogen) atoms. The van der Waals surface area contributed by atoms with Crippen LogP contribution in [0, 0.1) is 0 Å². The molecule has 1 atom stereocenters. The Morgan fingerprint density at radius 2 is 1.83 bits per heavy atom. The molecule has 2 heterocycles. The lowest BCUT2D eigenvalue weighted by Gasteiger charge is -2.40. The Kier molecular flexibility index (Phi) is 5.38. The van der Waals surface area contributed by atoms with E-state index in [1.807, 2.05) is 41.4 Å². The van der Waals surface area contributed by atoms with Crippen LogP contribution in [-0.4, -0.2) is 41.6 Å². The Morgan fingerprint density at radius 3 is 2.55 bits per heavy atom. The van der Waals surface area contributed by atoms with Crippen molar-refractivity contribution >= 4 is 28.3 Å². The molecule has 5 heteroatoms. The van der Waals surface area contributed by atoms with Crippen LogP contribution in [0.1, 0.15) is 32.3 Å². The summed E-state index contributed by atoms with van der Waals surface area (Å²) >= 11 is 0. The number of carbonyl (C=O) groups excluding carboxylic acids is 1. The van der Waals surface area contributed by atoms with Crippen LogP contribution in [0.5, 0.6) is 0 Å². The molecular weight excluding hydrogens is 360 g/mol. The highest BCUT2D eigenvalue weighted by Crippen LogP contribution is 2.26. The van der Waals surface area contributed by atoms with Gasteiger partial charge in [0.2, 0.25) is 0 Å². The molecule has 1 aliphatic heterocycles. The number of piperazine rings is 1. The minimum atomic E-state index is -0.0414. The molecule has 0 radical (unpaired) electrons. The number of aromatic nitrogens is 1. The van der Waals surface area contributed by atoms with E-state index in [0.717, 1.165) is 30.0 Å². The number of pyridine rings is 1. The molecule has 2 aromatic carbocycles. The van der Waals surface area contributed by atoms with Crippen LogP contribution in [-0.2, 0) is 0 Å². The van der Waals surface area contributed by atoms with Gasteiger partial charge in [-0.3, -0.25) is 0 Å². The number of urea groups is 1. The minimum absolute atomic E-state index is 0.0414. The second-order valence-electron chi connectivity index (χ2n) is 8.05. The lowest BCUT2D eigenvalue weighted by molar-refractivity contribution is 0.184. The smallest absolute Gasteiger partial charge is 0.322 e. The molecule has 0 bridgehead atoms. The zero-order valence-corrected chi connectivity index (χ0v) is 17.3. The van der Waals surface area contributed by atoms with Gasteiger partial charge in [0.1, 0.15) is 5.82 Å². The first kappa shape index (κ1) is 19.2. The van der Waals surface area contributed by atoms with E-state index in [9.17, 15) is 4.79 Å². The van der Waals surface area contributed by atoms with Crippen molar-refractivity contribution in [1.29, 1.82) is 0 Å². The molecule has 5 nitrogen and oxygen atoms in total. The molecule has 0 unspecified atom stereocenters. The number of nitrogens with one attached hydrogen (secondary N) is 1. The highest BCUT2D eigenvalue weighted by Gasteiger charge is 2.28. The highest BCUT2D eigenvalue weighted by molar-refractivity contribution is 5.92. The fraction of sp³-hybridized carbons (Fsp3) is 0.333. The minimum Gasteiger partial charge on any atom is -0.352 e. The van der Waals surface area contributed by atoms with E-state index in [1.54, 1.807) is 0 Å². The van der Waals surface area contributed by atoms with E-state index in [0.29, 0.717) is 12.5 Å². The monoisotopic (exact) mass is 388 g/mol. The Labute approximate surface area is 172 Å². The molecule has 3 aromatic rings. The number of anilines is 2. The lowest BCUT2D eigenvalue weighted by atomic mass is 10.0. The van der Waals surface area contributed by atoms with Gasteiger partial charge in [0.15, 0.2) is 0 Å². The first-order chi connectivity index (χ1) is 14.0. The van der Waals surface area contributed by atoms with Crippen LogP contribution >= 0.6 is 0 Å². The molecule has 4 rings (SSSR count). The van der Waals surface area contributed by atoms with Gasteiger partial charge >= 0.3 is 6.03 Å². The number of hydrogen-bond acceptors (Lipinski definition) is 3. The average molecular weight is 389 g/mol. The number of carbonyl (C=O) groups is 1. The largest absolute Gasteiger partial charge is 0.352 e. The Morgan fingerprint density at radius 1 is 1.07 bits per heavy atom. The van der Waals surface area contributed by atoms with Gasteiger partial charge in [0, 0.05) is 42.9 Å². The first-order valence-electron chi connectivity index (χ1n) is 10.3. The van der Waals surface area contributed by atoms with Crippen LogP contribution in [0.2, 0.25) is 0 Å². The van der Waals surface area contributed by atoms with Crippen LogP contribution in [0.15, 0.2) is 60.8 Å². The molecule has 2 amide bonds. The highest BCUT2D eigenvalue weighted by atomic mass is 16.2. The quantitative estimate of drug-likeness (QED) is 0.679.